The Labute approximate surface area is 251 Å². The normalized spacial score (nSPS) is 15.7. The van der Waals surface area contributed by atoms with E-state index in [0.717, 1.165) is 22.0 Å². The molecule has 4 aromatic rings. The Kier molecular flexibility index (Phi) is 9.10. The van der Waals surface area contributed by atoms with Crippen molar-refractivity contribution in [2.75, 3.05) is 11.9 Å². The fourth-order valence-corrected chi connectivity index (χ4v) is 5.60. The molecule has 1 aliphatic rings. The minimum absolute atomic E-state index is 0.183. The Morgan fingerprint density at radius 3 is 2.67 bits per heavy atom. The molecule has 0 fully saturated rings. The predicted molar refractivity (Wildman–Crippen MR) is 170 cm³/mol. The zero-order valence-corrected chi connectivity index (χ0v) is 25.3. The summed E-state index contributed by atoms with van der Waals surface area (Å²) in [6.45, 7) is 10.0. The van der Waals surface area contributed by atoms with Crippen LogP contribution in [0.2, 0.25) is 0 Å². The highest BCUT2D eigenvalue weighted by atomic mass is 16.5. The fraction of sp³-hybridized carbons (Fsp3) is 0.306. The first-order valence-electron chi connectivity index (χ1n) is 14.8. The maximum absolute atomic E-state index is 12.4. The van der Waals surface area contributed by atoms with Gasteiger partial charge in [0.25, 0.3) is 0 Å². The summed E-state index contributed by atoms with van der Waals surface area (Å²) in [6.07, 6.45) is 19.4. The second-order valence-electron chi connectivity index (χ2n) is 11.8. The lowest BCUT2D eigenvalue weighted by Gasteiger charge is -2.32. The number of nitrogens with one attached hydrogen (secondary N) is 1. The molecule has 1 amide bonds. The first-order chi connectivity index (χ1) is 20.7. The number of furan rings is 1. The predicted octanol–water partition coefficient (Wildman–Crippen LogP) is 7.82. The van der Waals surface area contributed by atoms with E-state index in [0.29, 0.717) is 36.5 Å². The van der Waals surface area contributed by atoms with Gasteiger partial charge in [0, 0.05) is 41.5 Å². The highest BCUT2D eigenvalue weighted by Gasteiger charge is 2.26. The summed E-state index contributed by atoms with van der Waals surface area (Å²) in [4.78, 5) is 24.2. The molecular weight excluding hydrogens is 540 g/mol. The second kappa shape index (κ2) is 13.1. The first kappa shape index (κ1) is 29.8. The molecule has 1 aliphatic carbocycles. The third-order valence-corrected chi connectivity index (χ3v) is 7.91. The van der Waals surface area contributed by atoms with E-state index < -0.39 is 5.63 Å². The summed E-state index contributed by atoms with van der Waals surface area (Å²) in [7, 11) is 0. The van der Waals surface area contributed by atoms with Gasteiger partial charge >= 0.3 is 5.63 Å². The number of carbonyl (C=O) groups is 1. The molecular formula is C36H39N2O5+. The number of nitrogens with zero attached hydrogens (tertiary/aromatic N) is 1. The SMILES string of the molecule is CC(C=CC1=C(C)CCCC1(C)C)=CC=CC(=O)Nc1cc[n+](CCCOc2c3occc3cc3ccc(=O)oc23)cc1. The molecule has 43 heavy (non-hydrogen) atoms. The van der Waals surface area contributed by atoms with E-state index in [1.807, 2.05) is 54.2 Å². The van der Waals surface area contributed by atoms with E-state index in [9.17, 15) is 9.59 Å². The molecule has 0 saturated heterocycles. The van der Waals surface area contributed by atoms with Crippen molar-refractivity contribution in [1.29, 1.82) is 0 Å². The van der Waals surface area contributed by atoms with Crippen LogP contribution in [0.5, 0.6) is 5.75 Å². The zero-order valence-electron chi connectivity index (χ0n) is 25.3. The molecule has 0 atom stereocenters. The summed E-state index contributed by atoms with van der Waals surface area (Å²) in [5.74, 6) is 0.255. The number of hydrogen-bond donors (Lipinski definition) is 1. The van der Waals surface area contributed by atoms with E-state index in [4.69, 9.17) is 13.6 Å². The number of fused-ring (bicyclic) bond motifs is 2. The number of hydrogen-bond acceptors (Lipinski definition) is 5. The van der Waals surface area contributed by atoms with Crippen LogP contribution in [0, 0.1) is 5.41 Å². The number of amides is 1. The van der Waals surface area contributed by atoms with Gasteiger partial charge in [-0.05, 0) is 62.3 Å². The number of aromatic nitrogens is 1. The number of pyridine rings is 1. The fourth-order valence-electron chi connectivity index (χ4n) is 5.60. The highest BCUT2D eigenvalue weighted by molar-refractivity contribution is 6.00. The van der Waals surface area contributed by atoms with Crippen LogP contribution in [-0.2, 0) is 11.3 Å². The van der Waals surface area contributed by atoms with Crippen LogP contribution in [0.25, 0.3) is 21.9 Å². The average Bonchev–Trinajstić information content (AvgIpc) is 3.43. The van der Waals surface area contributed by atoms with Gasteiger partial charge < -0.3 is 18.9 Å². The smallest absolute Gasteiger partial charge is 0.336 e. The summed E-state index contributed by atoms with van der Waals surface area (Å²) >= 11 is 0. The minimum Gasteiger partial charge on any atom is -0.486 e. The number of rotatable bonds is 10. The summed E-state index contributed by atoms with van der Waals surface area (Å²) in [5.41, 5.74) is 5.42. The molecule has 0 bridgehead atoms. The Morgan fingerprint density at radius 1 is 1.09 bits per heavy atom. The van der Waals surface area contributed by atoms with Crippen LogP contribution in [0.15, 0.2) is 116 Å². The van der Waals surface area contributed by atoms with E-state index in [2.05, 4.69) is 38.2 Å². The molecule has 7 nitrogen and oxygen atoms in total. The maximum Gasteiger partial charge on any atom is 0.336 e. The van der Waals surface area contributed by atoms with Crippen molar-refractivity contribution in [3.05, 3.63) is 113 Å². The minimum atomic E-state index is -0.438. The third kappa shape index (κ3) is 7.41. The molecule has 0 saturated carbocycles. The molecule has 3 heterocycles. The van der Waals surface area contributed by atoms with Gasteiger partial charge in [-0.1, -0.05) is 49.3 Å². The lowest BCUT2D eigenvalue weighted by Crippen LogP contribution is -2.33. The summed E-state index contributed by atoms with van der Waals surface area (Å²) < 4.78 is 19.1. The van der Waals surface area contributed by atoms with E-state index in [1.54, 1.807) is 18.4 Å². The summed E-state index contributed by atoms with van der Waals surface area (Å²) in [5, 5.41) is 4.56. The molecule has 3 aromatic heterocycles. The van der Waals surface area contributed by atoms with Gasteiger partial charge in [-0.2, -0.15) is 0 Å². The monoisotopic (exact) mass is 579 g/mol. The van der Waals surface area contributed by atoms with Crippen molar-refractivity contribution in [3.8, 4) is 5.75 Å². The number of carbonyl (C=O) groups excluding carboxylic acids is 1. The van der Waals surface area contributed by atoms with E-state index in [-0.39, 0.29) is 11.3 Å². The van der Waals surface area contributed by atoms with Gasteiger partial charge in [0.2, 0.25) is 11.7 Å². The Hall–Kier alpha value is -4.65. The molecule has 222 valence electrons. The molecule has 0 aliphatic heterocycles. The lowest BCUT2D eigenvalue weighted by atomic mass is 9.72. The van der Waals surface area contributed by atoms with Crippen molar-refractivity contribution in [3.63, 3.8) is 0 Å². The van der Waals surface area contributed by atoms with Crippen molar-refractivity contribution < 1.29 is 22.9 Å². The second-order valence-corrected chi connectivity index (χ2v) is 11.8. The third-order valence-electron chi connectivity index (χ3n) is 7.91. The van der Waals surface area contributed by atoms with E-state index in [1.165, 1.54) is 42.6 Å². The van der Waals surface area contributed by atoms with Gasteiger partial charge in [-0.3, -0.25) is 4.79 Å². The molecule has 1 aromatic carbocycles. The number of aryl methyl sites for hydroxylation is 1. The average molecular weight is 580 g/mol. The van der Waals surface area contributed by atoms with Crippen LogP contribution >= 0.6 is 0 Å². The summed E-state index contributed by atoms with van der Waals surface area (Å²) in [6, 6.07) is 10.6. The molecule has 1 N–H and O–H groups in total. The topological polar surface area (TPSA) is 85.6 Å². The van der Waals surface area contributed by atoms with E-state index >= 15 is 0 Å². The van der Waals surface area contributed by atoms with Crippen LogP contribution in [-0.4, -0.2) is 12.5 Å². The van der Waals surface area contributed by atoms with Gasteiger partial charge in [0.05, 0.1) is 18.6 Å². The molecule has 7 heteroatoms. The zero-order chi connectivity index (χ0) is 30.4. The van der Waals surface area contributed by atoms with Gasteiger partial charge in [0.15, 0.2) is 30.1 Å². The number of allylic oxidation sites excluding steroid dienone is 7. The highest BCUT2D eigenvalue weighted by Crippen LogP contribution is 2.41. The van der Waals surface area contributed by atoms with Crippen molar-refractivity contribution >= 4 is 33.5 Å². The number of anilines is 1. The van der Waals surface area contributed by atoms with Crippen LogP contribution < -0.4 is 20.2 Å². The van der Waals surface area contributed by atoms with Gasteiger partial charge in [0.1, 0.15) is 0 Å². The lowest BCUT2D eigenvalue weighted by molar-refractivity contribution is -0.697. The van der Waals surface area contributed by atoms with Gasteiger partial charge in [-0.15, -0.1) is 0 Å². The van der Waals surface area contributed by atoms with Gasteiger partial charge in [-0.25, -0.2) is 9.36 Å². The Balaban J connectivity index is 1.11. The molecule has 5 rings (SSSR count). The van der Waals surface area contributed by atoms with Crippen LogP contribution in [0.1, 0.15) is 53.4 Å². The van der Waals surface area contributed by atoms with Crippen molar-refractivity contribution in [1.82, 2.24) is 0 Å². The van der Waals surface area contributed by atoms with Crippen LogP contribution in [0.3, 0.4) is 0 Å². The molecule has 0 unspecified atom stereocenters. The van der Waals surface area contributed by atoms with Crippen LogP contribution in [0.4, 0.5) is 5.69 Å². The largest absolute Gasteiger partial charge is 0.486 e. The van der Waals surface area contributed by atoms with Crippen molar-refractivity contribution in [2.45, 2.75) is 59.9 Å². The Bertz CT molecular complexity index is 1800. The first-order valence-corrected chi connectivity index (χ1v) is 14.8. The standard InChI is InChI=1S/C36H38N2O5/c1-25(11-13-30-26(2)9-6-18-36(30,3)4)8-5-10-31(39)37-29-15-20-38(21-16-29)19-7-22-41-35-33-28(17-23-42-33)24-27-12-14-32(40)43-34(27)35/h5,8,10-17,20-21,23-24H,6-7,9,18-19,22H2,1-4H3/p+1. The number of ether oxygens (including phenoxy) is 1. The Morgan fingerprint density at radius 2 is 1.88 bits per heavy atom. The van der Waals surface area contributed by atoms with Crippen molar-refractivity contribution in [2.24, 2.45) is 5.41 Å². The molecule has 0 spiro atoms. The quantitative estimate of drug-likeness (QED) is 0.0681. The maximum atomic E-state index is 12.4. The number of benzene rings is 1. The molecule has 0 radical (unpaired) electrons.